The molecule has 72 valence electrons. The molecule has 1 aromatic rings. The summed E-state index contributed by atoms with van der Waals surface area (Å²) in [6, 6.07) is 7.64. The Morgan fingerprint density at radius 3 is 3.00 bits per heavy atom. The second kappa shape index (κ2) is 3.27. The highest BCUT2D eigenvalue weighted by Gasteiger charge is 2.32. The van der Waals surface area contributed by atoms with Gasteiger partial charge in [-0.1, -0.05) is 23.7 Å². The number of hydrogen-bond acceptors (Lipinski definition) is 2. The highest BCUT2D eigenvalue weighted by atomic mass is 35.5. The third-order valence-corrected chi connectivity index (χ3v) is 3.06. The molecule has 0 spiro atoms. The zero-order valence-corrected chi connectivity index (χ0v) is 8.38. The number of halogens is 1. The molecule has 0 aliphatic heterocycles. The minimum absolute atomic E-state index is 0.346. The summed E-state index contributed by atoms with van der Waals surface area (Å²) >= 11 is 6.01. The van der Waals surface area contributed by atoms with Crippen LogP contribution in [0.25, 0.3) is 0 Å². The molecule has 0 heterocycles. The van der Waals surface area contributed by atoms with Crippen LogP contribution in [0.5, 0.6) is 0 Å². The molecule has 2 nitrogen and oxygen atoms in total. The predicted molar refractivity (Wildman–Crippen MR) is 54.0 cm³/mol. The number of rotatable bonds is 0. The molecule has 14 heavy (non-hydrogen) atoms. The SMILES string of the molecule is N#CC1(O)CCc2cccc(Cl)c2C1. The van der Waals surface area contributed by atoms with E-state index in [1.54, 1.807) is 6.07 Å². The molecule has 1 atom stereocenters. The summed E-state index contributed by atoms with van der Waals surface area (Å²) in [5, 5.41) is 19.3. The lowest BCUT2D eigenvalue weighted by atomic mass is 9.81. The van der Waals surface area contributed by atoms with Crippen LogP contribution in [0.2, 0.25) is 5.02 Å². The molecule has 0 saturated heterocycles. The minimum Gasteiger partial charge on any atom is -0.375 e. The van der Waals surface area contributed by atoms with Gasteiger partial charge in [-0.15, -0.1) is 0 Å². The van der Waals surface area contributed by atoms with Crippen molar-refractivity contribution in [3.63, 3.8) is 0 Å². The third kappa shape index (κ3) is 1.50. The quantitative estimate of drug-likeness (QED) is 0.662. The van der Waals surface area contributed by atoms with Crippen molar-refractivity contribution in [2.24, 2.45) is 0 Å². The molecule has 0 bridgehead atoms. The van der Waals surface area contributed by atoms with Gasteiger partial charge in [0, 0.05) is 11.4 Å². The third-order valence-electron chi connectivity index (χ3n) is 2.70. The molecule has 1 aliphatic carbocycles. The smallest absolute Gasteiger partial charge is 0.155 e. The average Bonchev–Trinajstić information content (AvgIpc) is 2.20. The first kappa shape index (κ1) is 9.51. The molecular formula is C11H10ClNO. The molecule has 0 radical (unpaired) electrons. The highest BCUT2D eigenvalue weighted by molar-refractivity contribution is 6.31. The molecule has 2 rings (SSSR count). The minimum atomic E-state index is -1.22. The predicted octanol–water partition coefficient (Wildman–Crippen LogP) is 2.08. The Bertz CT molecular complexity index is 410. The van der Waals surface area contributed by atoms with Crippen LogP contribution in [0.15, 0.2) is 18.2 Å². The van der Waals surface area contributed by atoms with Crippen LogP contribution in [0.3, 0.4) is 0 Å². The Kier molecular flexibility index (Phi) is 2.22. The van der Waals surface area contributed by atoms with Crippen LogP contribution < -0.4 is 0 Å². The van der Waals surface area contributed by atoms with Gasteiger partial charge in [-0.3, -0.25) is 0 Å². The first-order valence-electron chi connectivity index (χ1n) is 4.54. The van der Waals surface area contributed by atoms with Crippen LogP contribution in [0.1, 0.15) is 17.5 Å². The van der Waals surface area contributed by atoms with Crippen molar-refractivity contribution >= 4 is 11.6 Å². The number of aryl methyl sites for hydroxylation is 1. The second-order valence-corrected chi connectivity index (χ2v) is 4.10. The van der Waals surface area contributed by atoms with Crippen LogP contribution in [0, 0.1) is 11.3 Å². The van der Waals surface area contributed by atoms with Gasteiger partial charge in [0.15, 0.2) is 5.60 Å². The van der Waals surface area contributed by atoms with Crippen LogP contribution in [0.4, 0.5) is 0 Å². The number of nitrogens with zero attached hydrogens (tertiary/aromatic N) is 1. The van der Waals surface area contributed by atoms with Gasteiger partial charge in [-0.2, -0.15) is 5.26 Å². The Balaban J connectivity index is 2.44. The maximum atomic E-state index is 9.83. The van der Waals surface area contributed by atoms with Crippen molar-refractivity contribution in [2.75, 3.05) is 0 Å². The molecule has 1 aromatic carbocycles. The molecule has 0 fully saturated rings. The van der Waals surface area contributed by atoms with Crippen molar-refractivity contribution in [1.82, 2.24) is 0 Å². The standard InChI is InChI=1S/C11H10ClNO/c12-10-3-1-2-8-4-5-11(14,7-13)6-9(8)10/h1-3,14H,4-6H2. The Morgan fingerprint density at radius 2 is 2.29 bits per heavy atom. The molecule has 0 amide bonds. The van der Waals surface area contributed by atoms with Crippen molar-refractivity contribution in [3.8, 4) is 6.07 Å². The first-order chi connectivity index (χ1) is 6.64. The fourth-order valence-electron chi connectivity index (χ4n) is 1.85. The number of hydrogen-bond donors (Lipinski definition) is 1. The Labute approximate surface area is 87.7 Å². The van der Waals surface area contributed by atoms with E-state index in [1.807, 2.05) is 18.2 Å². The molecule has 1 aliphatic rings. The van der Waals surface area contributed by atoms with Gasteiger partial charge >= 0.3 is 0 Å². The lowest BCUT2D eigenvalue weighted by molar-refractivity contribution is 0.0840. The van der Waals surface area contributed by atoms with E-state index in [1.165, 1.54) is 0 Å². The maximum Gasteiger partial charge on any atom is 0.155 e. The lowest BCUT2D eigenvalue weighted by Crippen LogP contribution is -2.34. The summed E-state index contributed by atoms with van der Waals surface area (Å²) in [7, 11) is 0. The molecule has 1 unspecified atom stereocenters. The zero-order valence-electron chi connectivity index (χ0n) is 7.63. The molecule has 0 saturated carbocycles. The first-order valence-corrected chi connectivity index (χ1v) is 4.92. The lowest BCUT2D eigenvalue weighted by Gasteiger charge is -2.27. The zero-order chi connectivity index (χ0) is 10.2. The average molecular weight is 208 g/mol. The second-order valence-electron chi connectivity index (χ2n) is 3.70. The van der Waals surface area contributed by atoms with Crippen LogP contribution in [-0.2, 0) is 12.8 Å². The molecule has 1 N–H and O–H groups in total. The Morgan fingerprint density at radius 1 is 1.50 bits per heavy atom. The fourth-order valence-corrected chi connectivity index (χ4v) is 2.11. The number of nitriles is 1. The van der Waals surface area contributed by atoms with E-state index in [0.717, 1.165) is 17.5 Å². The number of fused-ring (bicyclic) bond motifs is 1. The molecule has 3 heteroatoms. The summed E-state index contributed by atoms with van der Waals surface area (Å²) in [6.07, 6.45) is 1.56. The Hall–Kier alpha value is -1.04. The van der Waals surface area contributed by atoms with Gasteiger partial charge in [-0.05, 0) is 30.0 Å². The van der Waals surface area contributed by atoms with Crippen molar-refractivity contribution < 1.29 is 5.11 Å². The number of aliphatic hydroxyl groups is 1. The van der Waals surface area contributed by atoms with Crippen LogP contribution >= 0.6 is 11.6 Å². The summed E-state index contributed by atoms with van der Waals surface area (Å²) in [5.41, 5.74) is 0.847. The van der Waals surface area contributed by atoms with Crippen LogP contribution in [-0.4, -0.2) is 10.7 Å². The van der Waals surface area contributed by atoms with E-state index in [9.17, 15) is 5.11 Å². The topological polar surface area (TPSA) is 44.0 Å². The fraction of sp³-hybridized carbons (Fsp3) is 0.364. The van der Waals surface area contributed by atoms with E-state index in [0.29, 0.717) is 17.9 Å². The highest BCUT2D eigenvalue weighted by Crippen LogP contribution is 2.32. The monoisotopic (exact) mass is 207 g/mol. The largest absolute Gasteiger partial charge is 0.375 e. The van der Waals surface area contributed by atoms with Crippen molar-refractivity contribution in [3.05, 3.63) is 34.3 Å². The van der Waals surface area contributed by atoms with Gasteiger partial charge in [-0.25, -0.2) is 0 Å². The van der Waals surface area contributed by atoms with Gasteiger partial charge in [0.2, 0.25) is 0 Å². The van der Waals surface area contributed by atoms with E-state index >= 15 is 0 Å². The molecule has 0 aromatic heterocycles. The van der Waals surface area contributed by atoms with Gasteiger partial charge < -0.3 is 5.11 Å². The summed E-state index contributed by atoms with van der Waals surface area (Å²) in [4.78, 5) is 0. The van der Waals surface area contributed by atoms with E-state index in [-0.39, 0.29) is 0 Å². The van der Waals surface area contributed by atoms with Crippen molar-refractivity contribution in [2.45, 2.75) is 24.9 Å². The summed E-state index contributed by atoms with van der Waals surface area (Å²) in [5.74, 6) is 0. The molecular weight excluding hydrogens is 198 g/mol. The van der Waals surface area contributed by atoms with E-state index in [2.05, 4.69) is 0 Å². The summed E-state index contributed by atoms with van der Waals surface area (Å²) in [6.45, 7) is 0. The van der Waals surface area contributed by atoms with E-state index < -0.39 is 5.60 Å². The van der Waals surface area contributed by atoms with Gasteiger partial charge in [0.1, 0.15) is 0 Å². The number of benzene rings is 1. The summed E-state index contributed by atoms with van der Waals surface area (Å²) < 4.78 is 0. The van der Waals surface area contributed by atoms with Crippen molar-refractivity contribution in [1.29, 1.82) is 5.26 Å². The van der Waals surface area contributed by atoms with Gasteiger partial charge in [0.05, 0.1) is 6.07 Å². The van der Waals surface area contributed by atoms with E-state index in [4.69, 9.17) is 16.9 Å². The normalized spacial score (nSPS) is 25.2. The van der Waals surface area contributed by atoms with Gasteiger partial charge in [0.25, 0.3) is 0 Å². The maximum absolute atomic E-state index is 9.83.